The van der Waals surface area contributed by atoms with Gasteiger partial charge in [-0.05, 0) is 37.0 Å². The van der Waals surface area contributed by atoms with E-state index in [-0.39, 0.29) is 5.91 Å². The Bertz CT molecular complexity index is 465. The number of aryl methyl sites for hydroxylation is 1. The molecule has 3 nitrogen and oxygen atoms in total. The first kappa shape index (κ1) is 13.9. The number of β-amino-alcohol motifs (C(OH)–C–C–N with tert-alkyl or cyclic N) is 1. The molecule has 1 aromatic carbocycles. The molecular formula is C14H17F2NO2. The second kappa shape index (κ2) is 6.10. The molecule has 1 atom stereocenters. The molecule has 1 aromatic rings. The molecule has 104 valence electrons. The summed E-state index contributed by atoms with van der Waals surface area (Å²) in [6.45, 7) is 1.01. The molecule has 0 aromatic heterocycles. The standard InChI is InChI=1S/C14H17F2NO2/c15-12-5-4-10(8-13(12)16)2-1-3-14(19)17-7-6-11(18)9-17/h4-5,8,11,18H,1-3,6-7,9H2/t11-/m1/s1. The summed E-state index contributed by atoms with van der Waals surface area (Å²) < 4.78 is 25.7. The predicted molar refractivity (Wildman–Crippen MR) is 66.5 cm³/mol. The number of aliphatic hydroxyl groups excluding tert-OH is 1. The van der Waals surface area contributed by atoms with Crippen molar-refractivity contribution in [2.24, 2.45) is 0 Å². The first-order valence-electron chi connectivity index (χ1n) is 6.46. The van der Waals surface area contributed by atoms with Crippen molar-refractivity contribution in [3.05, 3.63) is 35.4 Å². The largest absolute Gasteiger partial charge is 0.391 e. The van der Waals surface area contributed by atoms with E-state index in [1.54, 1.807) is 4.90 Å². The van der Waals surface area contributed by atoms with Gasteiger partial charge in [0.05, 0.1) is 6.10 Å². The quantitative estimate of drug-likeness (QED) is 0.906. The number of amides is 1. The Morgan fingerprint density at radius 3 is 2.79 bits per heavy atom. The second-order valence-corrected chi connectivity index (χ2v) is 4.88. The van der Waals surface area contributed by atoms with Gasteiger partial charge >= 0.3 is 0 Å². The molecule has 2 rings (SSSR count). The Morgan fingerprint density at radius 1 is 1.37 bits per heavy atom. The van der Waals surface area contributed by atoms with E-state index in [1.165, 1.54) is 12.1 Å². The SMILES string of the molecule is O=C(CCCc1ccc(F)c(F)c1)N1CC[C@@H](O)C1. The third-order valence-corrected chi connectivity index (χ3v) is 3.36. The fourth-order valence-corrected chi connectivity index (χ4v) is 2.27. The van der Waals surface area contributed by atoms with Crippen molar-refractivity contribution in [2.45, 2.75) is 31.8 Å². The highest BCUT2D eigenvalue weighted by Gasteiger charge is 2.23. The summed E-state index contributed by atoms with van der Waals surface area (Å²) >= 11 is 0. The van der Waals surface area contributed by atoms with Gasteiger partial charge in [-0.2, -0.15) is 0 Å². The molecule has 19 heavy (non-hydrogen) atoms. The number of likely N-dealkylation sites (tertiary alicyclic amines) is 1. The summed E-state index contributed by atoms with van der Waals surface area (Å²) in [5.41, 5.74) is 0.688. The van der Waals surface area contributed by atoms with Gasteiger partial charge in [0.1, 0.15) is 0 Å². The lowest BCUT2D eigenvalue weighted by Crippen LogP contribution is -2.29. The van der Waals surface area contributed by atoms with Crippen LogP contribution >= 0.6 is 0 Å². The molecule has 1 fully saturated rings. The molecule has 5 heteroatoms. The Hall–Kier alpha value is -1.49. The minimum Gasteiger partial charge on any atom is -0.391 e. The van der Waals surface area contributed by atoms with Gasteiger partial charge in [-0.1, -0.05) is 6.07 Å². The van der Waals surface area contributed by atoms with Crippen LogP contribution < -0.4 is 0 Å². The normalized spacial score (nSPS) is 18.9. The number of rotatable bonds is 4. The van der Waals surface area contributed by atoms with Gasteiger partial charge in [0.2, 0.25) is 5.91 Å². The van der Waals surface area contributed by atoms with Crippen LogP contribution in [0.3, 0.4) is 0 Å². The van der Waals surface area contributed by atoms with E-state index in [9.17, 15) is 18.7 Å². The molecular weight excluding hydrogens is 252 g/mol. The molecule has 1 aliphatic heterocycles. The van der Waals surface area contributed by atoms with E-state index >= 15 is 0 Å². The number of hydrogen-bond acceptors (Lipinski definition) is 2. The van der Waals surface area contributed by atoms with Gasteiger partial charge in [-0.3, -0.25) is 4.79 Å². The number of hydrogen-bond donors (Lipinski definition) is 1. The molecule has 0 aliphatic carbocycles. The van der Waals surface area contributed by atoms with Crippen LogP contribution in [-0.4, -0.2) is 35.1 Å². The summed E-state index contributed by atoms with van der Waals surface area (Å²) in [7, 11) is 0. The minimum atomic E-state index is -0.856. The smallest absolute Gasteiger partial charge is 0.222 e. The highest BCUT2D eigenvalue weighted by Crippen LogP contribution is 2.14. The fourth-order valence-electron chi connectivity index (χ4n) is 2.27. The van der Waals surface area contributed by atoms with E-state index in [4.69, 9.17) is 0 Å². The van der Waals surface area contributed by atoms with Gasteiger partial charge in [0.25, 0.3) is 0 Å². The Kier molecular flexibility index (Phi) is 4.47. The van der Waals surface area contributed by atoms with Gasteiger partial charge in [-0.25, -0.2) is 8.78 Å². The highest BCUT2D eigenvalue weighted by molar-refractivity contribution is 5.76. The van der Waals surface area contributed by atoms with Gasteiger partial charge in [0, 0.05) is 19.5 Å². The Morgan fingerprint density at radius 2 is 2.16 bits per heavy atom. The van der Waals surface area contributed by atoms with E-state index in [1.807, 2.05) is 0 Å². The maximum atomic E-state index is 13.0. The van der Waals surface area contributed by atoms with Crippen LogP contribution in [0, 0.1) is 11.6 Å². The van der Waals surface area contributed by atoms with Gasteiger partial charge in [-0.15, -0.1) is 0 Å². The topological polar surface area (TPSA) is 40.5 Å². The third-order valence-electron chi connectivity index (χ3n) is 3.36. The van der Waals surface area contributed by atoms with E-state index in [0.717, 1.165) is 6.07 Å². The number of carbonyl (C=O) groups is 1. The predicted octanol–water partition coefficient (Wildman–Crippen LogP) is 1.88. The van der Waals surface area contributed by atoms with Crippen molar-refractivity contribution in [1.82, 2.24) is 4.90 Å². The molecule has 0 unspecified atom stereocenters. The number of carbonyl (C=O) groups excluding carboxylic acids is 1. The lowest BCUT2D eigenvalue weighted by molar-refractivity contribution is -0.130. The summed E-state index contributed by atoms with van der Waals surface area (Å²) in [5, 5.41) is 9.34. The van der Waals surface area contributed by atoms with Gasteiger partial charge in [0.15, 0.2) is 11.6 Å². The van der Waals surface area contributed by atoms with Crippen molar-refractivity contribution >= 4 is 5.91 Å². The lowest BCUT2D eigenvalue weighted by atomic mass is 10.1. The fraction of sp³-hybridized carbons (Fsp3) is 0.500. The van der Waals surface area contributed by atoms with E-state index in [2.05, 4.69) is 0 Å². The monoisotopic (exact) mass is 269 g/mol. The molecule has 1 N–H and O–H groups in total. The molecule has 1 amide bonds. The first-order valence-corrected chi connectivity index (χ1v) is 6.46. The van der Waals surface area contributed by atoms with Crippen molar-refractivity contribution in [2.75, 3.05) is 13.1 Å². The zero-order valence-corrected chi connectivity index (χ0v) is 10.6. The van der Waals surface area contributed by atoms with Crippen LogP contribution in [0.25, 0.3) is 0 Å². The van der Waals surface area contributed by atoms with Crippen molar-refractivity contribution in [3.8, 4) is 0 Å². The zero-order valence-electron chi connectivity index (χ0n) is 10.6. The summed E-state index contributed by atoms with van der Waals surface area (Å²) in [6, 6.07) is 3.80. The maximum Gasteiger partial charge on any atom is 0.222 e. The summed E-state index contributed by atoms with van der Waals surface area (Å²) in [5.74, 6) is -1.70. The van der Waals surface area contributed by atoms with Crippen molar-refractivity contribution < 1.29 is 18.7 Å². The molecule has 0 radical (unpaired) electrons. The lowest BCUT2D eigenvalue weighted by Gasteiger charge is -2.15. The second-order valence-electron chi connectivity index (χ2n) is 4.88. The number of benzene rings is 1. The molecule has 0 spiro atoms. The maximum absolute atomic E-state index is 13.0. The van der Waals surface area contributed by atoms with Crippen LogP contribution in [0.15, 0.2) is 18.2 Å². The first-order chi connectivity index (χ1) is 9.06. The molecule has 0 saturated carbocycles. The number of halogens is 2. The molecule has 1 aliphatic rings. The highest BCUT2D eigenvalue weighted by atomic mass is 19.2. The van der Waals surface area contributed by atoms with Crippen LogP contribution in [0.4, 0.5) is 8.78 Å². The van der Waals surface area contributed by atoms with Gasteiger partial charge < -0.3 is 10.0 Å². The number of aliphatic hydroxyl groups is 1. The van der Waals surface area contributed by atoms with Crippen LogP contribution in [-0.2, 0) is 11.2 Å². The number of nitrogens with zero attached hydrogens (tertiary/aromatic N) is 1. The average molecular weight is 269 g/mol. The third kappa shape index (κ3) is 3.73. The van der Waals surface area contributed by atoms with Crippen molar-refractivity contribution in [3.63, 3.8) is 0 Å². The van der Waals surface area contributed by atoms with Crippen LogP contribution in [0.1, 0.15) is 24.8 Å². The zero-order chi connectivity index (χ0) is 13.8. The Labute approximate surface area is 110 Å². The summed E-state index contributed by atoms with van der Waals surface area (Å²) in [4.78, 5) is 13.4. The van der Waals surface area contributed by atoms with Crippen LogP contribution in [0.2, 0.25) is 0 Å². The van der Waals surface area contributed by atoms with Crippen LogP contribution in [0.5, 0.6) is 0 Å². The average Bonchev–Trinajstić information content (AvgIpc) is 2.80. The van der Waals surface area contributed by atoms with E-state index < -0.39 is 17.7 Å². The summed E-state index contributed by atoms with van der Waals surface area (Å²) in [6.07, 6.45) is 1.73. The molecule has 1 heterocycles. The molecule has 0 bridgehead atoms. The Balaban J connectivity index is 1.77. The van der Waals surface area contributed by atoms with Crippen molar-refractivity contribution in [1.29, 1.82) is 0 Å². The minimum absolute atomic E-state index is 0.0131. The molecule has 1 saturated heterocycles. The van der Waals surface area contributed by atoms with E-state index in [0.29, 0.717) is 44.3 Å².